The lowest BCUT2D eigenvalue weighted by Crippen LogP contribution is -2.28. The molecule has 0 N–H and O–H groups in total. The van der Waals surface area contributed by atoms with Gasteiger partial charge >= 0.3 is 0 Å². The molecule has 0 aliphatic carbocycles. The van der Waals surface area contributed by atoms with Crippen LogP contribution in [0.1, 0.15) is 33.6 Å². The van der Waals surface area contributed by atoms with Gasteiger partial charge in [-0.3, -0.25) is 4.79 Å². The van der Waals surface area contributed by atoms with E-state index in [1.54, 1.807) is 4.90 Å². The van der Waals surface area contributed by atoms with Crippen molar-refractivity contribution in [1.29, 1.82) is 0 Å². The second kappa shape index (κ2) is 7.36. The number of hydrogen-bond donors (Lipinski definition) is 0. The average Bonchev–Trinajstić information content (AvgIpc) is 2.17. The topological polar surface area (TPSA) is 20.3 Å². The van der Waals surface area contributed by atoms with E-state index in [0.29, 0.717) is 0 Å². The fourth-order valence-electron chi connectivity index (χ4n) is 1.28. The van der Waals surface area contributed by atoms with E-state index in [1.807, 2.05) is 39.1 Å². The van der Waals surface area contributed by atoms with Crippen molar-refractivity contribution in [3.63, 3.8) is 0 Å². The Morgan fingerprint density at radius 2 is 2.00 bits per heavy atom. The Kier molecular flexibility index (Phi) is 6.81. The summed E-state index contributed by atoms with van der Waals surface area (Å²) in [5.74, 6) is 0.117. The van der Waals surface area contributed by atoms with Gasteiger partial charge < -0.3 is 4.90 Å². The quantitative estimate of drug-likeness (QED) is 0.488. The number of rotatable bonds is 5. The zero-order chi connectivity index (χ0) is 11.0. The van der Waals surface area contributed by atoms with Gasteiger partial charge in [0, 0.05) is 19.2 Å². The molecule has 1 amide bonds. The standard InChI is InChI=1S/C12H21NO/c1-5-8-11(9-6-2)12(14)13(4)10-7-3/h5,8-9H,6-7,10H2,1-4H3/b8-5-,11-9+. The van der Waals surface area contributed by atoms with Crippen LogP contribution in [0.5, 0.6) is 0 Å². The highest BCUT2D eigenvalue weighted by Gasteiger charge is 2.10. The summed E-state index contributed by atoms with van der Waals surface area (Å²) < 4.78 is 0. The molecule has 0 rings (SSSR count). The van der Waals surface area contributed by atoms with Crippen molar-refractivity contribution >= 4 is 5.91 Å². The molecule has 0 aliphatic rings. The number of allylic oxidation sites excluding steroid dienone is 2. The molecular formula is C12H21NO. The smallest absolute Gasteiger partial charge is 0.253 e. The summed E-state index contributed by atoms with van der Waals surface area (Å²) in [5, 5.41) is 0. The van der Waals surface area contributed by atoms with E-state index in [9.17, 15) is 4.79 Å². The van der Waals surface area contributed by atoms with Gasteiger partial charge in [0.2, 0.25) is 0 Å². The predicted octanol–water partition coefficient (Wildman–Crippen LogP) is 2.77. The summed E-state index contributed by atoms with van der Waals surface area (Å²) in [6, 6.07) is 0. The van der Waals surface area contributed by atoms with Crippen molar-refractivity contribution in [2.75, 3.05) is 13.6 Å². The highest BCUT2D eigenvalue weighted by atomic mass is 16.2. The number of nitrogens with zero attached hydrogens (tertiary/aromatic N) is 1. The van der Waals surface area contributed by atoms with Crippen molar-refractivity contribution in [3.8, 4) is 0 Å². The van der Waals surface area contributed by atoms with Crippen molar-refractivity contribution < 1.29 is 4.79 Å². The Morgan fingerprint density at radius 3 is 2.43 bits per heavy atom. The molecular weight excluding hydrogens is 174 g/mol. The number of amides is 1. The zero-order valence-electron chi connectivity index (χ0n) is 9.71. The molecule has 0 unspecified atom stereocenters. The molecule has 0 radical (unpaired) electrons. The maximum Gasteiger partial charge on any atom is 0.253 e. The minimum atomic E-state index is 0.117. The highest BCUT2D eigenvalue weighted by Crippen LogP contribution is 2.04. The fourth-order valence-corrected chi connectivity index (χ4v) is 1.28. The third-order valence-electron chi connectivity index (χ3n) is 1.92. The molecule has 0 aromatic rings. The molecule has 0 fully saturated rings. The van der Waals surface area contributed by atoms with Crippen LogP contribution in [0, 0.1) is 0 Å². The van der Waals surface area contributed by atoms with Crippen LogP contribution in [0.3, 0.4) is 0 Å². The molecule has 0 aromatic heterocycles. The van der Waals surface area contributed by atoms with E-state index in [4.69, 9.17) is 0 Å². The zero-order valence-corrected chi connectivity index (χ0v) is 9.71. The third kappa shape index (κ3) is 4.26. The van der Waals surface area contributed by atoms with Crippen LogP contribution in [0.4, 0.5) is 0 Å². The van der Waals surface area contributed by atoms with E-state index >= 15 is 0 Å². The number of carbonyl (C=O) groups is 1. The largest absolute Gasteiger partial charge is 0.342 e. The van der Waals surface area contributed by atoms with E-state index in [0.717, 1.165) is 25.0 Å². The monoisotopic (exact) mass is 195 g/mol. The van der Waals surface area contributed by atoms with Crippen molar-refractivity contribution in [2.45, 2.75) is 33.6 Å². The van der Waals surface area contributed by atoms with Crippen molar-refractivity contribution in [1.82, 2.24) is 4.90 Å². The maximum atomic E-state index is 11.8. The minimum absolute atomic E-state index is 0.117. The summed E-state index contributed by atoms with van der Waals surface area (Å²) in [5.41, 5.74) is 0.797. The Labute approximate surface area is 87.3 Å². The average molecular weight is 195 g/mol. The summed E-state index contributed by atoms with van der Waals surface area (Å²) in [7, 11) is 1.85. The first-order valence-electron chi connectivity index (χ1n) is 5.25. The molecule has 0 saturated heterocycles. The van der Waals surface area contributed by atoms with E-state index < -0.39 is 0 Å². The highest BCUT2D eigenvalue weighted by molar-refractivity contribution is 5.95. The van der Waals surface area contributed by atoms with Crippen LogP contribution in [0.2, 0.25) is 0 Å². The van der Waals surface area contributed by atoms with E-state index in [-0.39, 0.29) is 5.91 Å². The normalized spacial score (nSPS) is 12.1. The fraction of sp³-hybridized carbons (Fsp3) is 0.583. The first-order chi connectivity index (χ1) is 6.67. The first-order valence-corrected chi connectivity index (χ1v) is 5.25. The van der Waals surface area contributed by atoms with Gasteiger partial charge in [0.25, 0.3) is 5.91 Å². The SMILES string of the molecule is C/C=C\C(=C/CC)C(=O)N(C)CCC. The van der Waals surface area contributed by atoms with E-state index in [2.05, 4.69) is 6.92 Å². The van der Waals surface area contributed by atoms with Crippen LogP contribution >= 0.6 is 0 Å². The molecule has 0 aliphatic heterocycles. The van der Waals surface area contributed by atoms with Gasteiger partial charge in [-0.15, -0.1) is 0 Å². The molecule has 2 nitrogen and oxygen atoms in total. The van der Waals surface area contributed by atoms with E-state index in [1.165, 1.54) is 0 Å². The van der Waals surface area contributed by atoms with Crippen LogP contribution in [0.25, 0.3) is 0 Å². The lowest BCUT2D eigenvalue weighted by molar-refractivity contribution is -0.125. The summed E-state index contributed by atoms with van der Waals surface area (Å²) in [6.45, 7) is 6.85. The first kappa shape index (κ1) is 12.9. The predicted molar refractivity (Wildman–Crippen MR) is 61.1 cm³/mol. The molecule has 0 saturated carbocycles. The lowest BCUT2D eigenvalue weighted by Gasteiger charge is -2.16. The third-order valence-corrected chi connectivity index (χ3v) is 1.92. The molecule has 0 atom stereocenters. The van der Waals surface area contributed by atoms with Gasteiger partial charge in [-0.1, -0.05) is 32.1 Å². The Morgan fingerprint density at radius 1 is 1.36 bits per heavy atom. The van der Waals surface area contributed by atoms with Crippen LogP contribution < -0.4 is 0 Å². The Hall–Kier alpha value is -1.05. The molecule has 0 bridgehead atoms. The summed E-state index contributed by atoms with van der Waals surface area (Å²) >= 11 is 0. The molecule has 0 spiro atoms. The van der Waals surface area contributed by atoms with Gasteiger partial charge in [-0.2, -0.15) is 0 Å². The number of likely N-dealkylation sites (N-methyl/N-ethyl adjacent to an activating group) is 1. The molecule has 0 heterocycles. The molecule has 2 heteroatoms. The second-order valence-corrected chi connectivity index (χ2v) is 3.29. The summed E-state index contributed by atoms with van der Waals surface area (Å²) in [4.78, 5) is 13.6. The molecule has 0 aromatic carbocycles. The van der Waals surface area contributed by atoms with Gasteiger partial charge in [0.1, 0.15) is 0 Å². The Bertz CT molecular complexity index is 228. The number of hydrogen-bond acceptors (Lipinski definition) is 1. The molecule has 14 heavy (non-hydrogen) atoms. The van der Waals surface area contributed by atoms with Crippen LogP contribution in [0.15, 0.2) is 23.8 Å². The van der Waals surface area contributed by atoms with Crippen LogP contribution in [-0.4, -0.2) is 24.4 Å². The number of carbonyl (C=O) groups excluding carboxylic acids is 1. The maximum absolute atomic E-state index is 11.8. The van der Waals surface area contributed by atoms with Gasteiger partial charge in [0.05, 0.1) is 0 Å². The van der Waals surface area contributed by atoms with Crippen molar-refractivity contribution in [2.24, 2.45) is 0 Å². The van der Waals surface area contributed by atoms with Crippen molar-refractivity contribution in [3.05, 3.63) is 23.8 Å². The van der Waals surface area contributed by atoms with Gasteiger partial charge in [-0.05, 0) is 19.8 Å². The minimum Gasteiger partial charge on any atom is -0.342 e. The second-order valence-electron chi connectivity index (χ2n) is 3.29. The lowest BCUT2D eigenvalue weighted by atomic mass is 10.2. The summed E-state index contributed by atoms with van der Waals surface area (Å²) in [6.07, 6.45) is 7.63. The molecule has 80 valence electrons. The van der Waals surface area contributed by atoms with Gasteiger partial charge in [0.15, 0.2) is 0 Å². The Balaban J connectivity index is 4.51. The van der Waals surface area contributed by atoms with Gasteiger partial charge in [-0.25, -0.2) is 0 Å². The van der Waals surface area contributed by atoms with Crippen LogP contribution in [-0.2, 0) is 4.79 Å².